The number of nitrogens with two attached hydrogens (primary N) is 1. The number of hydrogen-bond donors (Lipinski definition) is 4. The van der Waals surface area contributed by atoms with Gasteiger partial charge in [-0.15, -0.1) is 11.3 Å². The summed E-state index contributed by atoms with van der Waals surface area (Å²) in [5, 5.41) is 8.34. The first kappa shape index (κ1) is 29.0. The number of pyridine rings is 1. The van der Waals surface area contributed by atoms with E-state index in [0.717, 1.165) is 33.0 Å². The maximum atomic E-state index is 13.6. The van der Waals surface area contributed by atoms with E-state index in [4.69, 9.17) is 5.73 Å². The molecule has 4 rings (SSSR count). The van der Waals surface area contributed by atoms with E-state index in [1.807, 2.05) is 24.3 Å². The van der Waals surface area contributed by atoms with Gasteiger partial charge >= 0.3 is 0 Å². The molecule has 1 aliphatic heterocycles. The fourth-order valence-corrected chi connectivity index (χ4v) is 4.76. The summed E-state index contributed by atoms with van der Waals surface area (Å²) >= 11 is 1.53. The van der Waals surface area contributed by atoms with Crippen molar-refractivity contribution in [3.63, 3.8) is 0 Å². The lowest BCUT2D eigenvalue weighted by atomic mass is 10.1. The zero-order valence-electron chi connectivity index (χ0n) is 22.1. The number of benzene rings is 1. The van der Waals surface area contributed by atoms with Crippen LogP contribution >= 0.6 is 11.3 Å². The summed E-state index contributed by atoms with van der Waals surface area (Å²) in [6.07, 6.45) is 8.28. The Kier molecular flexibility index (Phi) is 9.48. The molecule has 12 heteroatoms. The maximum Gasteiger partial charge on any atom is 0.255 e. The third-order valence-electron chi connectivity index (χ3n) is 5.93. The smallest absolute Gasteiger partial charge is 0.255 e. The molecule has 0 unspecified atom stereocenters. The number of hydrogen-bond acceptors (Lipinski definition) is 8. The van der Waals surface area contributed by atoms with Crippen LogP contribution in [-0.4, -0.2) is 42.6 Å². The fourth-order valence-electron chi connectivity index (χ4n) is 3.82. The second kappa shape index (κ2) is 13.4. The van der Waals surface area contributed by atoms with E-state index >= 15 is 0 Å². The molecule has 2 aromatic heterocycles. The molecule has 1 aromatic carbocycles. The second-order valence-corrected chi connectivity index (χ2v) is 9.92. The third kappa shape index (κ3) is 7.37. The Morgan fingerprint density at radius 3 is 2.68 bits per heavy atom. The van der Waals surface area contributed by atoms with Gasteiger partial charge in [-0.2, -0.15) is 0 Å². The van der Waals surface area contributed by atoms with E-state index in [0.29, 0.717) is 24.5 Å². The number of carbonyl (C=O) groups excluding carboxylic acids is 2. The van der Waals surface area contributed by atoms with Crippen LogP contribution in [0.3, 0.4) is 0 Å². The summed E-state index contributed by atoms with van der Waals surface area (Å²) in [5.74, 6) is -2.27. The van der Waals surface area contributed by atoms with Crippen LogP contribution in [0.15, 0.2) is 83.0 Å². The number of nitrogens with zero attached hydrogens (tertiary/aromatic N) is 3. The Labute approximate surface area is 239 Å². The molecule has 3 heterocycles. The molecule has 0 atom stereocenters. The monoisotopic (exact) mass is 575 g/mol. The summed E-state index contributed by atoms with van der Waals surface area (Å²) in [7, 11) is 1.47. The zero-order chi connectivity index (χ0) is 29.4. The second-order valence-electron chi connectivity index (χ2n) is 8.75. The molecule has 2 amide bonds. The topological polar surface area (TPSA) is 134 Å². The molecule has 3 aromatic rings. The Morgan fingerprint density at radius 1 is 1.12 bits per heavy atom. The number of amidine groups is 1. The molecule has 5 N–H and O–H groups in total. The Morgan fingerprint density at radius 2 is 1.95 bits per heavy atom. The van der Waals surface area contributed by atoms with Crippen molar-refractivity contribution in [2.45, 2.75) is 13.1 Å². The molecule has 0 aliphatic carbocycles. The largest absolute Gasteiger partial charge is 0.383 e. The molecular formula is C29H27F2N7O2S. The summed E-state index contributed by atoms with van der Waals surface area (Å²) in [6, 6.07) is 8.70. The van der Waals surface area contributed by atoms with Gasteiger partial charge in [-0.3, -0.25) is 14.6 Å². The number of halogens is 2. The quantitative estimate of drug-likeness (QED) is 0.269. The van der Waals surface area contributed by atoms with Crippen LogP contribution in [0.2, 0.25) is 0 Å². The van der Waals surface area contributed by atoms with Crippen LogP contribution in [0, 0.1) is 11.6 Å². The van der Waals surface area contributed by atoms with E-state index in [9.17, 15) is 18.4 Å². The number of carbonyl (C=O) groups is 2. The lowest BCUT2D eigenvalue weighted by Crippen LogP contribution is -2.26. The molecule has 9 nitrogen and oxygen atoms in total. The van der Waals surface area contributed by atoms with Gasteiger partial charge < -0.3 is 21.7 Å². The van der Waals surface area contributed by atoms with Crippen molar-refractivity contribution in [2.24, 2.45) is 15.7 Å². The van der Waals surface area contributed by atoms with Gasteiger partial charge in [-0.1, -0.05) is 24.8 Å². The standard InChI is InChI=1S/C29H27F2N7O2S/c1-3-4-18(10-19-13-34-16-38-26(19)32)25-8-6-21(41-25)15-36-27-22(11-20(14-35-27)28(39)33-2)29(40)37-12-17-5-7-23(30)24(31)9-17/h3-11,14,16H,1,12-13,15H2,2H3,(H,33,39)(H,35,36)(H,37,40)(H2,32,34,38)/b18-4+,19-10+. The first-order valence-electron chi connectivity index (χ1n) is 12.4. The number of nitrogens with one attached hydrogen (secondary N) is 3. The van der Waals surface area contributed by atoms with Crippen LogP contribution in [0.25, 0.3) is 5.57 Å². The molecule has 0 fully saturated rings. The predicted molar refractivity (Wildman–Crippen MR) is 158 cm³/mol. The maximum absolute atomic E-state index is 13.6. The van der Waals surface area contributed by atoms with E-state index in [1.165, 1.54) is 43.1 Å². The van der Waals surface area contributed by atoms with Crippen LogP contribution < -0.4 is 21.7 Å². The van der Waals surface area contributed by atoms with E-state index in [-0.39, 0.29) is 23.5 Å². The Bertz CT molecular complexity index is 1610. The van der Waals surface area contributed by atoms with Crippen molar-refractivity contribution in [2.75, 3.05) is 18.9 Å². The lowest BCUT2D eigenvalue weighted by molar-refractivity contribution is 0.0951. The Balaban J connectivity index is 1.52. The summed E-state index contributed by atoms with van der Waals surface area (Å²) in [4.78, 5) is 39.7. The summed E-state index contributed by atoms with van der Waals surface area (Å²) < 4.78 is 26.8. The third-order valence-corrected chi connectivity index (χ3v) is 7.07. The highest BCUT2D eigenvalue weighted by Gasteiger charge is 2.17. The number of rotatable bonds is 10. The molecule has 0 spiro atoms. The molecule has 0 bridgehead atoms. The zero-order valence-corrected chi connectivity index (χ0v) is 22.9. The van der Waals surface area contributed by atoms with Gasteiger partial charge in [-0.25, -0.2) is 18.8 Å². The molecule has 0 saturated heterocycles. The van der Waals surface area contributed by atoms with Crippen molar-refractivity contribution >= 4 is 46.7 Å². The van der Waals surface area contributed by atoms with Gasteiger partial charge in [-0.05, 0) is 47.5 Å². The molecule has 0 radical (unpaired) electrons. The number of amides is 2. The number of anilines is 1. The lowest BCUT2D eigenvalue weighted by Gasteiger charge is -2.13. The van der Waals surface area contributed by atoms with Gasteiger partial charge in [0.05, 0.1) is 24.2 Å². The highest BCUT2D eigenvalue weighted by Crippen LogP contribution is 2.28. The van der Waals surface area contributed by atoms with Gasteiger partial charge in [0.25, 0.3) is 11.8 Å². The van der Waals surface area contributed by atoms with E-state index in [2.05, 4.69) is 37.5 Å². The number of thiophene rings is 1. The minimum absolute atomic E-state index is 0.0532. The summed E-state index contributed by atoms with van der Waals surface area (Å²) in [6.45, 7) is 4.52. The number of allylic oxidation sites excluding steroid dienone is 4. The van der Waals surface area contributed by atoms with Crippen molar-refractivity contribution in [3.05, 3.63) is 111 Å². The SMILES string of the molecule is C=C/C=C(\C=C1/CN=CN=C1N)c1ccc(CNc2ncc(C(=O)NC)cc2C(=O)NCc2ccc(F)c(F)c2)s1. The Hall–Kier alpha value is -4.97. The normalized spacial score (nSPS) is 14.0. The first-order valence-corrected chi connectivity index (χ1v) is 13.2. The van der Waals surface area contributed by atoms with E-state index in [1.54, 1.807) is 6.08 Å². The van der Waals surface area contributed by atoms with Crippen molar-refractivity contribution in [1.82, 2.24) is 15.6 Å². The van der Waals surface area contributed by atoms with Gasteiger partial charge in [0.2, 0.25) is 0 Å². The first-order chi connectivity index (χ1) is 19.8. The molecular weight excluding hydrogens is 548 g/mol. The summed E-state index contributed by atoms with van der Waals surface area (Å²) in [5.41, 5.74) is 8.38. The van der Waals surface area contributed by atoms with Crippen LogP contribution in [-0.2, 0) is 13.1 Å². The predicted octanol–water partition coefficient (Wildman–Crippen LogP) is 4.22. The van der Waals surface area contributed by atoms with E-state index < -0.39 is 23.4 Å². The average molecular weight is 576 g/mol. The molecule has 41 heavy (non-hydrogen) atoms. The van der Waals surface area contributed by atoms with Crippen molar-refractivity contribution in [1.29, 1.82) is 0 Å². The highest BCUT2D eigenvalue weighted by molar-refractivity contribution is 7.13. The molecule has 1 aliphatic rings. The van der Waals surface area contributed by atoms with Crippen molar-refractivity contribution < 1.29 is 18.4 Å². The van der Waals surface area contributed by atoms with Gasteiger partial charge in [0.1, 0.15) is 18.0 Å². The minimum atomic E-state index is -1.01. The fraction of sp³-hybridized carbons (Fsp3) is 0.138. The molecule has 0 saturated carbocycles. The van der Waals surface area contributed by atoms with Gasteiger partial charge in [0, 0.05) is 35.1 Å². The number of aromatic nitrogens is 1. The van der Waals surface area contributed by atoms with Crippen molar-refractivity contribution in [3.8, 4) is 0 Å². The highest BCUT2D eigenvalue weighted by atomic mass is 32.1. The van der Waals surface area contributed by atoms with Crippen LogP contribution in [0.1, 0.15) is 36.0 Å². The van der Waals surface area contributed by atoms with Crippen LogP contribution in [0.4, 0.5) is 14.6 Å². The minimum Gasteiger partial charge on any atom is -0.383 e. The number of aliphatic imine (C=N–C) groups is 2. The molecule has 210 valence electrons. The average Bonchev–Trinajstić information content (AvgIpc) is 3.46. The van der Waals surface area contributed by atoms with Gasteiger partial charge in [0.15, 0.2) is 11.6 Å². The van der Waals surface area contributed by atoms with Crippen LogP contribution in [0.5, 0.6) is 0 Å².